The van der Waals surface area contributed by atoms with Crippen molar-refractivity contribution < 1.29 is 14.4 Å². The molecule has 7 nitrogen and oxygen atoms in total. The molecule has 1 spiro atoms. The first-order valence-corrected chi connectivity index (χ1v) is 7.83. The van der Waals surface area contributed by atoms with Gasteiger partial charge in [0, 0.05) is 19.1 Å². The van der Waals surface area contributed by atoms with Crippen LogP contribution < -0.4 is 11.1 Å². The van der Waals surface area contributed by atoms with Gasteiger partial charge < -0.3 is 16.0 Å². The third kappa shape index (κ3) is 3.95. The molecule has 0 unspecified atom stereocenters. The van der Waals surface area contributed by atoms with Crippen molar-refractivity contribution in [2.75, 3.05) is 20.1 Å². The average molecular weight is 347 g/mol. The van der Waals surface area contributed by atoms with Crippen LogP contribution in [-0.2, 0) is 9.59 Å². The zero-order chi connectivity index (χ0) is 16.5. The molecule has 0 atom stereocenters. The Morgan fingerprint density at radius 1 is 1.26 bits per heavy atom. The van der Waals surface area contributed by atoms with Crippen LogP contribution in [0, 0.1) is 0 Å². The van der Waals surface area contributed by atoms with Gasteiger partial charge in [0.25, 0.3) is 5.91 Å². The van der Waals surface area contributed by atoms with E-state index in [9.17, 15) is 14.4 Å². The Labute approximate surface area is 143 Å². The minimum Gasteiger partial charge on any atom is -0.353 e. The summed E-state index contributed by atoms with van der Waals surface area (Å²) in [5.41, 5.74) is 4.54. The van der Waals surface area contributed by atoms with E-state index in [1.54, 1.807) is 20.9 Å². The van der Waals surface area contributed by atoms with Crippen molar-refractivity contribution in [1.82, 2.24) is 15.1 Å². The van der Waals surface area contributed by atoms with E-state index >= 15 is 0 Å². The second-order valence-electron chi connectivity index (χ2n) is 7.09. The molecular weight excluding hydrogens is 320 g/mol. The third-order valence-corrected chi connectivity index (χ3v) is 4.53. The number of urea groups is 1. The normalized spacial score (nSPS) is 20.7. The Balaban J connectivity index is 0.00000264. The predicted octanol–water partition coefficient (Wildman–Crippen LogP) is 0.859. The van der Waals surface area contributed by atoms with E-state index in [1.165, 1.54) is 4.90 Å². The fraction of sp³-hybridized carbons (Fsp3) is 0.800. The lowest BCUT2D eigenvalue weighted by atomic mass is 9.81. The SMILES string of the molecule is CN1C(=O)N(CC(=O)NCC(C)(C)N)C(=O)C12CCCCC2.Cl. The van der Waals surface area contributed by atoms with Crippen LogP contribution in [0.2, 0.25) is 0 Å². The number of hydrogen-bond donors (Lipinski definition) is 2. The molecule has 0 aromatic heterocycles. The Morgan fingerprint density at radius 3 is 2.35 bits per heavy atom. The Bertz CT molecular complexity index is 484. The minimum atomic E-state index is -0.733. The number of imide groups is 1. The second kappa shape index (κ2) is 7.05. The Kier molecular flexibility index (Phi) is 6.04. The van der Waals surface area contributed by atoms with Gasteiger partial charge in [0.15, 0.2) is 0 Å². The highest BCUT2D eigenvalue weighted by atomic mass is 35.5. The van der Waals surface area contributed by atoms with Crippen molar-refractivity contribution >= 4 is 30.3 Å². The van der Waals surface area contributed by atoms with Crippen LogP contribution in [0.3, 0.4) is 0 Å². The fourth-order valence-electron chi connectivity index (χ4n) is 3.20. The van der Waals surface area contributed by atoms with Crippen LogP contribution in [0.1, 0.15) is 46.0 Å². The first-order chi connectivity index (χ1) is 10.2. The number of hydrogen-bond acceptors (Lipinski definition) is 4. The highest BCUT2D eigenvalue weighted by Crippen LogP contribution is 2.39. The number of halogens is 1. The van der Waals surface area contributed by atoms with Gasteiger partial charge in [-0.25, -0.2) is 4.79 Å². The summed E-state index contributed by atoms with van der Waals surface area (Å²) in [5, 5.41) is 2.67. The molecule has 2 fully saturated rings. The van der Waals surface area contributed by atoms with Gasteiger partial charge in [-0.3, -0.25) is 14.5 Å². The summed E-state index contributed by atoms with van der Waals surface area (Å²) in [6.07, 6.45) is 4.32. The average Bonchev–Trinajstić information content (AvgIpc) is 2.62. The molecule has 1 heterocycles. The lowest BCUT2D eigenvalue weighted by Crippen LogP contribution is -2.50. The highest BCUT2D eigenvalue weighted by Gasteiger charge is 2.55. The maximum Gasteiger partial charge on any atom is 0.327 e. The molecule has 1 saturated carbocycles. The van der Waals surface area contributed by atoms with Crippen molar-refractivity contribution in [3.63, 3.8) is 0 Å². The van der Waals surface area contributed by atoms with Gasteiger partial charge in [-0.05, 0) is 26.7 Å². The van der Waals surface area contributed by atoms with Gasteiger partial charge in [-0.1, -0.05) is 19.3 Å². The minimum absolute atomic E-state index is 0. The number of amides is 4. The van der Waals surface area contributed by atoms with Gasteiger partial charge in [0.2, 0.25) is 5.91 Å². The van der Waals surface area contributed by atoms with E-state index in [4.69, 9.17) is 5.73 Å². The summed E-state index contributed by atoms with van der Waals surface area (Å²) in [5.74, 6) is -0.594. The predicted molar refractivity (Wildman–Crippen MR) is 89.2 cm³/mol. The standard InChI is InChI=1S/C15H26N4O3.ClH/c1-14(2,16)10-17-11(20)9-19-12(21)15(18(3)13(19)22)7-5-4-6-8-15;/h4-10,16H2,1-3H3,(H,17,20);1H. The molecule has 1 saturated heterocycles. The smallest absolute Gasteiger partial charge is 0.327 e. The van der Waals surface area contributed by atoms with Crippen molar-refractivity contribution in [3.05, 3.63) is 0 Å². The molecule has 1 aliphatic carbocycles. The number of rotatable bonds is 4. The van der Waals surface area contributed by atoms with E-state index < -0.39 is 11.1 Å². The van der Waals surface area contributed by atoms with E-state index in [-0.39, 0.29) is 36.8 Å². The monoisotopic (exact) mass is 346 g/mol. The molecular formula is C15H27ClN4O3. The molecule has 2 aliphatic rings. The molecule has 3 N–H and O–H groups in total. The van der Waals surface area contributed by atoms with Gasteiger partial charge in [0.1, 0.15) is 12.1 Å². The van der Waals surface area contributed by atoms with E-state index in [1.807, 2.05) is 0 Å². The molecule has 0 aromatic carbocycles. The lowest BCUT2D eigenvalue weighted by molar-refractivity contribution is -0.137. The molecule has 1 aliphatic heterocycles. The summed E-state index contributed by atoms with van der Waals surface area (Å²) in [6, 6.07) is -0.381. The van der Waals surface area contributed by atoms with Crippen molar-refractivity contribution in [1.29, 1.82) is 0 Å². The van der Waals surface area contributed by atoms with Crippen molar-refractivity contribution in [3.8, 4) is 0 Å². The first-order valence-electron chi connectivity index (χ1n) is 7.83. The van der Waals surface area contributed by atoms with Crippen LogP contribution in [0.5, 0.6) is 0 Å². The van der Waals surface area contributed by atoms with Gasteiger partial charge in [-0.2, -0.15) is 0 Å². The lowest BCUT2D eigenvalue weighted by Gasteiger charge is -2.35. The van der Waals surface area contributed by atoms with Gasteiger partial charge >= 0.3 is 6.03 Å². The number of likely N-dealkylation sites (N-methyl/N-ethyl adjacent to an activating group) is 1. The molecule has 23 heavy (non-hydrogen) atoms. The third-order valence-electron chi connectivity index (χ3n) is 4.53. The van der Waals surface area contributed by atoms with E-state index in [2.05, 4.69) is 5.32 Å². The van der Waals surface area contributed by atoms with Crippen molar-refractivity contribution in [2.45, 2.75) is 57.0 Å². The molecule has 8 heteroatoms. The summed E-state index contributed by atoms with van der Waals surface area (Å²) < 4.78 is 0. The number of nitrogens with two attached hydrogens (primary N) is 1. The number of nitrogens with zero attached hydrogens (tertiary/aromatic N) is 2. The summed E-state index contributed by atoms with van der Waals surface area (Å²) in [4.78, 5) is 39.6. The maximum absolute atomic E-state index is 12.7. The van der Waals surface area contributed by atoms with E-state index in [0.717, 1.165) is 24.2 Å². The summed E-state index contributed by atoms with van der Waals surface area (Å²) >= 11 is 0. The number of carbonyl (C=O) groups is 3. The molecule has 132 valence electrons. The Morgan fingerprint density at radius 2 is 1.83 bits per heavy atom. The first kappa shape index (κ1) is 19.7. The molecule has 0 aromatic rings. The van der Waals surface area contributed by atoms with Gasteiger partial charge in [-0.15, -0.1) is 12.4 Å². The second-order valence-corrected chi connectivity index (χ2v) is 7.09. The molecule has 0 radical (unpaired) electrons. The van der Waals surface area contributed by atoms with Crippen LogP contribution in [0.25, 0.3) is 0 Å². The number of carbonyl (C=O) groups excluding carboxylic acids is 3. The molecule has 4 amide bonds. The summed E-state index contributed by atoms with van der Waals surface area (Å²) in [7, 11) is 1.66. The van der Waals surface area contributed by atoms with E-state index in [0.29, 0.717) is 19.4 Å². The maximum atomic E-state index is 12.7. The Hall–Kier alpha value is -1.34. The largest absolute Gasteiger partial charge is 0.353 e. The van der Waals surface area contributed by atoms with Crippen molar-refractivity contribution in [2.24, 2.45) is 5.73 Å². The topological polar surface area (TPSA) is 95.7 Å². The van der Waals surface area contributed by atoms with Crippen LogP contribution in [0.4, 0.5) is 4.79 Å². The van der Waals surface area contributed by atoms with Crippen LogP contribution in [0.15, 0.2) is 0 Å². The zero-order valence-corrected chi connectivity index (χ0v) is 14.9. The fourth-order valence-corrected chi connectivity index (χ4v) is 3.20. The van der Waals surface area contributed by atoms with Gasteiger partial charge in [0.05, 0.1) is 0 Å². The highest BCUT2D eigenvalue weighted by molar-refractivity contribution is 6.08. The summed E-state index contributed by atoms with van der Waals surface area (Å²) in [6.45, 7) is 3.65. The molecule has 0 bridgehead atoms. The van der Waals surface area contributed by atoms with Crippen LogP contribution >= 0.6 is 12.4 Å². The molecule has 2 rings (SSSR count). The number of nitrogens with one attached hydrogen (secondary N) is 1. The zero-order valence-electron chi connectivity index (χ0n) is 14.1. The quantitative estimate of drug-likeness (QED) is 0.738. The van der Waals surface area contributed by atoms with Crippen LogP contribution in [-0.4, -0.2) is 58.9 Å².